The molecule has 2 N–H and O–H groups in total. The number of anilines is 1. The molecule has 3 amide bonds. The minimum atomic E-state index is -0.0702. The lowest BCUT2D eigenvalue weighted by molar-refractivity contribution is -0.117. The van der Waals surface area contributed by atoms with Gasteiger partial charge in [-0.1, -0.05) is 18.2 Å². The predicted molar refractivity (Wildman–Crippen MR) is 111 cm³/mol. The molecule has 0 bridgehead atoms. The standard InChI is InChI=1S/C23H25N3O3/c27-21(16-4-2-1-3-5-16)25-20-12-14-26(15-13-20)23(29)18-8-10-19(11-9-18)24-22(28)17-6-7-17/h1-5,8-11,17,20H,6-7,12-15H2,(H,24,28)(H,25,27). The van der Waals surface area contributed by atoms with Gasteiger partial charge in [0.25, 0.3) is 11.8 Å². The van der Waals surface area contributed by atoms with Crippen LogP contribution in [-0.4, -0.2) is 41.8 Å². The lowest BCUT2D eigenvalue weighted by Gasteiger charge is -2.32. The second-order valence-corrected chi connectivity index (χ2v) is 7.75. The average Bonchev–Trinajstić information content (AvgIpc) is 3.60. The minimum absolute atomic E-state index is 0.0158. The van der Waals surface area contributed by atoms with Crippen LogP contribution in [-0.2, 0) is 4.79 Å². The number of amides is 3. The van der Waals surface area contributed by atoms with Gasteiger partial charge in [0.05, 0.1) is 0 Å². The highest BCUT2D eigenvalue weighted by Gasteiger charge is 2.29. The number of benzene rings is 2. The summed E-state index contributed by atoms with van der Waals surface area (Å²) in [6.45, 7) is 1.22. The highest BCUT2D eigenvalue weighted by atomic mass is 16.2. The van der Waals surface area contributed by atoms with Crippen LogP contribution in [0.3, 0.4) is 0 Å². The third kappa shape index (κ3) is 4.83. The van der Waals surface area contributed by atoms with Crippen LogP contribution in [0.1, 0.15) is 46.4 Å². The van der Waals surface area contributed by atoms with Crippen LogP contribution in [0.25, 0.3) is 0 Å². The molecule has 1 saturated carbocycles. The fraction of sp³-hybridized carbons (Fsp3) is 0.348. The van der Waals surface area contributed by atoms with Gasteiger partial charge in [-0.2, -0.15) is 0 Å². The number of carbonyl (C=O) groups is 3. The number of hydrogen-bond acceptors (Lipinski definition) is 3. The Balaban J connectivity index is 1.27. The van der Waals surface area contributed by atoms with E-state index >= 15 is 0 Å². The van der Waals surface area contributed by atoms with Crippen LogP contribution >= 0.6 is 0 Å². The van der Waals surface area contributed by atoms with Crippen molar-refractivity contribution in [1.82, 2.24) is 10.2 Å². The summed E-state index contributed by atoms with van der Waals surface area (Å²) in [5.41, 5.74) is 1.99. The maximum Gasteiger partial charge on any atom is 0.253 e. The summed E-state index contributed by atoms with van der Waals surface area (Å²) in [7, 11) is 0. The average molecular weight is 391 g/mol. The zero-order valence-corrected chi connectivity index (χ0v) is 16.3. The Labute approximate surface area is 170 Å². The maximum absolute atomic E-state index is 12.8. The van der Waals surface area contributed by atoms with Crippen LogP contribution in [0.15, 0.2) is 54.6 Å². The highest BCUT2D eigenvalue weighted by molar-refractivity contribution is 5.97. The number of nitrogens with zero attached hydrogens (tertiary/aromatic N) is 1. The van der Waals surface area contributed by atoms with E-state index in [0.717, 1.165) is 31.4 Å². The molecule has 2 fully saturated rings. The molecular formula is C23H25N3O3. The molecule has 0 aromatic heterocycles. The lowest BCUT2D eigenvalue weighted by atomic mass is 10.0. The summed E-state index contributed by atoms with van der Waals surface area (Å²) >= 11 is 0. The molecule has 6 nitrogen and oxygen atoms in total. The SMILES string of the molecule is O=C(NC1CCN(C(=O)c2ccc(NC(=O)C3CC3)cc2)CC1)c1ccccc1. The second-order valence-electron chi connectivity index (χ2n) is 7.75. The third-order valence-electron chi connectivity index (χ3n) is 5.50. The molecule has 0 unspecified atom stereocenters. The summed E-state index contributed by atoms with van der Waals surface area (Å²) in [6, 6.07) is 16.3. The highest BCUT2D eigenvalue weighted by Crippen LogP contribution is 2.30. The van der Waals surface area contributed by atoms with Crippen molar-refractivity contribution in [3.63, 3.8) is 0 Å². The molecule has 1 aliphatic carbocycles. The molecule has 0 spiro atoms. The third-order valence-corrected chi connectivity index (χ3v) is 5.50. The molecule has 0 atom stereocenters. The molecule has 1 saturated heterocycles. The van der Waals surface area contributed by atoms with E-state index in [9.17, 15) is 14.4 Å². The summed E-state index contributed by atoms with van der Waals surface area (Å²) < 4.78 is 0. The normalized spacial score (nSPS) is 16.9. The van der Waals surface area contributed by atoms with E-state index in [0.29, 0.717) is 24.2 Å². The monoisotopic (exact) mass is 391 g/mol. The van der Waals surface area contributed by atoms with E-state index in [-0.39, 0.29) is 29.7 Å². The van der Waals surface area contributed by atoms with Gasteiger partial charge in [0, 0.05) is 41.9 Å². The van der Waals surface area contributed by atoms with Crippen molar-refractivity contribution in [1.29, 1.82) is 0 Å². The number of rotatable bonds is 5. The maximum atomic E-state index is 12.8. The summed E-state index contributed by atoms with van der Waals surface area (Å²) in [5.74, 6) is 0.126. The summed E-state index contributed by atoms with van der Waals surface area (Å²) in [6.07, 6.45) is 3.40. The quantitative estimate of drug-likeness (QED) is 0.822. The van der Waals surface area contributed by atoms with Gasteiger partial charge in [-0.25, -0.2) is 0 Å². The molecule has 1 aliphatic heterocycles. The summed E-state index contributed by atoms with van der Waals surface area (Å²) in [4.78, 5) is 38.7. The molecule has 6 heteroatoms. The number of piperidine rings is 1. The van der Waals surface area contributed by atoms with Gasteiger partial charge in [-0.3, -0.25) is 14.4 Å². The van der Waals surface area contributed by atoms with Crippen LogP contribution < -0.4 is 10.6 Å². The van der Waals surface area contributed by atoms with Crippen LogP contribution in [0.2, 0.25) is 0 Å². The van der Waals surface area contributed by atoms with E-state index in [1.165, 1.54) is 0 Å². The van der Waals surface area contributed by atoms with E-state index in [1.54, 1.807) is 36.4 Å². The van der Waals surface area contributed by atoms with Crippen LogP contribution in [0.5, 0.6) is 0 Å². The Bertz CT molecular complexity index is 883. The van der Waals surface area contributed by atoms with Gasteiger partial charge in [0.15, 0.2) is 0 Å². The molecule has 2 aliphatic rings. The van der Waals surface area contributed by atoms with E-state index in [4.69, 9.17) is 0 Å². The molecule has 4 rings (SSSR count). The number of likely N-dealkylation sites (tertiary alicyclic amines) is 1. The zero-order chi connectivity index (χ0) is 20.2. The zero-order valence-electron chi connectivity index (χ0n) is 16.3. The molecule has 0 radical (unpaired) electrons. The minimum Gasteiger partial charge on any atom is -0.349 e. The Morgan fingerprint density at radius 1 is 0.793 bits per heavy atom. The Morgan fingerprint density at radius 2 is 1.45 bits per heavy atom. The first-order valence-electron chi connectivity index (χ1n) is 10.2. The topological polar surface area (TPSA) is 78.5 Å². The van der Waals surface area contributed by atoms with Crippen LogP contribution in [0, 0.1) is 5.92 Å². The Hall–Kier alpha value is -3.15. The molecule has 1 heterocycles. The van der Waals surface area contributed by atoms with E-state index < -0.39 is 0 Å². The smallest absolute Gasteiger partial charge is 0.253 e. The molecule has 2 aromatic carbocycles. The van der Waals surface area contributed by atoms with Crippen LogP contribution in [0.4, 0.5) is 5.69 Å². The van der Waals surface area contributed by atoms with Crippen molar-refractivity contribution < 1.29 is 14.4 Å². The first-order chi connectivity index (χ1) is 14.1. The van der Waals surface area contributed by atoms with Gasteiger partial charge in [-0.05, 0) is 62.1 Å². The second kappa shape index (κ2) is 8.47. The first kappa shape index (κ1) is 19.2. The Kier molecular flexibility index (Phi) is 5.60. The molecule has 2 aromatic rings. The fourth-order valence-corrected chi connectivity index (χ4v) is 3.55. The predicted octanol–water partition coefficient (Wildman–Crippen LogP) is 3.07. The molecular weight excluding hydrogens is 366 g/mol. The van der Waals surface area contributed by atoms with Crippen molar-refractivity contribution in [2.45, 2.75) is 31.7 Å². The van der Waals surface area contributed by atoms with Gasteiger partial charge in [0.1, 0.15) is 0 Å². The number of carbonyl (C=O) groups excluding carboxylic acids is 3. The molecule has 29 heavy (non-hydrogen) atoms. The van der Waals surface area contributed by atoms with E-state index in [2.05, 4.69) is 10.6 Å². The van der Waals surface area contributed by atoms with Crippen molar-refractivity contribution in [2.24, 2.45) is 5.92 Å². The van der Waals surface area contributed by atoms with Crippen molar-refractivity contribution in [2.75, 3.05) is 18.4 Å². The fourth-order valence-electron chi connectivity index (χ4n) is 3.55. The lowest BCUT2D eigenvalue weighted by Crippen LogP contribution is -2.46. The van der Waals surface area contributed by atoms with Gasteiger partial charge < -0.3 is 15.5 Å². The Morgan fingerprint density at radius 3 is 2.07 bits per heavy atom. The van der Waals surface area contributed by atoms with Gasteiger partial charge >= 0.3 is 0 Å². The largest absolute Gasteiger partial charge is 0.349 e. The summed E-state index contributed by atoms with van der Waals surface area (Å²) in [5, 5.41) is 5.94. The van der Waals surface area contributed by atoms with Crippen molar-refractivity contribution in [3.8, 4) is 0 Å². The number of nitrogens with one attached hydrogen (secondary N) is 2. The number of hydrogen-bond donors (Lipinski definition) is 2. The van der Waals surface area contributed by atoms with Crippen molar-refractivity contribution in [3.05, 3.63) is 65.7 Å². The first-order valence-corrected chi connectivity index (χ1v) is 10.2. The van der Waals surface area contributed by atoms with Crippen molar-refractivity contribution >= 4 is 23.4 Å². The van der Waals surface area contributed by atoms with Gasteiger partial charge in [-0.15, -0.1) is 0 Å². The van der Waals surface area contributed by atoms with E-state index in [1.807, 2.05) is 23.1 Å². The van der Waals surface area contributed by atoms with Gasteiger partial charge in [0.2, 0.25) is 5.91 Å². The molecule has 150 valence electrons.